The molecule has 0 aliphatic carbocycles. The highest BCUT2D eigenvalue weighted by atomic mass is 32.2. The molecule has 1 N–H and O–H groups in total. The molecule has 0 unspecified atom stereocenters. The maximum atomic E-state index is 12.4. The van der Waals surface area contributed by atoms with Crippen molar-refractivity contribution in [2.24, 2.45) is 17.3 Å². The molecule has 3 aromatic carbocycles. The summed E-state index contributed by atoms with van der Waals surface area (Å²) in [5, 5.41) is 20.3. The number of rotatable bonds is 10. The van der Waals surface area contributed by atoms with Crippen LogP contribution >= 0.6 is 11.8 Å². The minimum Gasteiger partial charge on any atom is -0.486 e. The van der Waals surface area contributed by atoms with E-state index in [1.807, 2.05) is 66.2 Å². The fourth-order valence-electron chi connectivity index (χ4n) is 3.11. The van der Waals surface area contributed by atoms with Crippen LogP contribution in [0.4, 0.5) is 17.1 Å². The number of nitrogens with zero attached hydrogens (tertiary/aromatic N) is 5. The van der Waals surface area contributed by atoms with Gasteiger partial charge in [0.05, 0.1) is 17.1 Å². The van der Waals surface area contributed by atoms with Gasteiger partial charge in [0.25, 0.3) is 0 Å². The lowest BCUT2D eigenvalue weighted by Crippen LogP contribution is -2.14. The van der Waals surface area contributed by atoms with E-state index in [2.05, 4.69) is 32.7 Å². The third kappa shape index (κ3) is 7.00. The summed E-state index contributed by atoms with van der Waals surface area (Å²) in [7, 11) is 1.86. The second-order valence-electron chi connectivity index (χ2n) is 7.66. The quantitative estimate of drug-likeness (QED) is 0.216. The van der Waals surface area contributed by atoms with Crippen molar-refractivity contribution in [3.05, 3.63) is 90.3 Å². The summed E-state index contributed by atoms with van der Waals surface area (Å²) in [5.41, 5.74) is 3.44. The Kier molecular flexibility index (Phi) is 8.24. The molecule has 0 saturated heterocycles. The zero-order valence-corrected chi connectivity index (χ0v) is 20.4. The van der Waals surface area contributed by atoms with Gasteiger partial charge in [0.15, 0.2) is 11.0 Å². The first-order chi connectivity index (χ1) is 17.1. The van der Waals surface area contributed by atoms with Crippen molar-refractivity contribution in [1.82, 2.24) is 14.8 Å². The van der Waals surface area contributed by atoms with E-state index in [9.17, 15) is 4.79 Å². The van der Waals surface area contributed by atoms with Crippen LogP contribution in [-0.2, 0) is 24.9 Å². The highest BCUT2D eigenvalue weighted by Crippen LogP contribution is 2.21. The summed E-state index contributed by atoms with van der Waals surface area (Å²) in [6.45, 7) is 2.42. The number of thioether (sulfide) groups is 1. The Balaban J connectivity index is 1.24. The number of ether oxygens (including phenoxy) is 1. The summed E-state index contributed by atoms with van der Waals surface area (Å²) in [4.78, 5) is 12.4. The van der Waals surface area contributed by atoms with Gasteiger partial charge in [-0.2, -0.15) is 10.2 Å². The molecule has 0 saturated carbocycles. The van der Waals surface area contributed by atoms with Crippen LogP contribution in [0.1, 0.15) is 18.3 Å². The molecule has 1 amide bonds. The summed E-state index contributed by atoms with van der Waals surface area (Å²) in [6.07, 6.45) is 0.990. The van der Waals surface area contributed by atoms with Crippen molar-refractivity contribution in [3.63, 3.8) is 0 Å². The molecule has 35 heavy (non-hydrogen) atoms. The smallest absolute Gasteiger partial charge is 0.234 e. The van der Waals surface area contributed by atoms with Gasteiger partial charge in [0, 0.05) is 12.7 Å². The van der Waals surface area contributed by atoms with Gasteiger partial charge in [-0.05, 0) is 60.5 Å². The molecule has 0 aliphatic heterocycles. The van der Waals surface area contributed by atoms with Crippen LogP contribution in [0.15, 0.2) is 94.2 Å². The number of carbonyl (C=O) groups excluding carboxylic acids is 1. The monoisotopic (exact) mass is 486 g/mol. The van der Waals surface area contributed by atoms with Crippen LogP contribution in [0.2, 0.25) is 0 Å². The molecule has 1 aromatic heterocycles. The first kappa shape index (κ1) is 24.2. The lowest BCUT2D eigenvalue weighted by Gasteiger charge is -2.07. The molecule has 1 heterocycles. The van der Waals surface area contributed by atoms with Crippen LogP contribution in [0, 0.1) is 0 Å². The summed E-state index contributed by atoms with van der Waals surface area (Å²) in [6, 6.07) is 24.7. The number of carbonyl (C=O) groups is 1. The third-order valence-electron chi connectivity index (χ3n) is 5.15. The molecule has 9 heteroatoms. The second-order valence-corrected chi connectivity index (χ2v) is 8.61. The van der Waals surface area contributed by atoms with Crippen LogP contribution in [0.5, 0.6) is 5.75 Å². The summed E-state index contributed by atoms with van der Waals surface area (Å²) in [5.74, 6) is 1.55. The highest BCUT2D eigenvalue weighted by molar-refractivity contribution is 7.99. The fourth-order valence-corrected chi connectivity index (χ4v) is 3.84. The normalized spacial score (nSPS) is 11.0. The van der Waals surface area contributed by atoms with Crippen molar-refractivity contribution in [3.8, 4) is 5.75 Å². The predicted octanol–water partition coefficient (Wildman–Crippen LogP) is 6.10. The first-order valence-electron chi connectivity index (χ1n) is 11.2. The molecule has 178 valence electrons. The maximum Gasteiger partial charge on any atom is 0.234 e. The van der Waals surface area contributed by atoms with Gasteiger partial charge in [0.2, 0.25) is 5.91 Å². The third-order valence-corrected chi connectivity index (χ3v) is 6.17. The summed E-state index contributed by atoms with van der Waals surface area (Å²) < 4.78 is 7.65. The topological polar surface area (TPSA) is 93.8 Å². The van der Waals surface area contributed by atoms with E-state index in [-0.39, 0.29) is 11.7 Å². The Labute approximate surface area is 208 Å². The molecule has 0 atom stereocenters. The van der Waals surface area contributed by atoms with E-state index in [1.165, 1.54) is 17.3 Å². The Morgan fingerprint density at radius 3 is 2.31 bits per heavy atom. The van der Waals surface area contributed by atoms with Gasteiger partial charge in [-0.1, -0.05) is 49.0 Å². The SMILES string of the molecule is CCc1ccc(OCc2nnc(SCC(=O)Nc3ccc(N=Nc4ccccc4)cc3)n2C)cc1. The number of benzene rings is 3. The minimum atomic E-state index is -0.134. The molecule has 0 radical (unpaired) electrons. The molecule has 8 nitrogen and oxygen atoms in total. The number of anilines is 1. The van der Waals surface area contributed by atoms with Crippen molar-refractivity contribution < 1.29 is 9.53 Å². The number of azo groups is 1. The summed E-state index contributed by atoms with van der Waals surface area (Å²) >= 11 is 1.32. The largest absolute Gasteiger partial charge is 0.486 e. The van der Waals surface area contributed by atoms with E-state index in [1.54, 1.807) is 24.3 Å². The van der Waals surface area contributed by atoms with E-state index < -0.39 is 0 Å². The molecule has 0 bridgehead atoms. The van der Waals surface area contributed by atoms with Crippen LogP contribution in [-0.4, -0.2) is 26.4 Å². The number of nitrogens with one attached hydrogen (secondary N) is 1. The fraction of sp³-hybridized carbons (Fsp3) is 0.192. The van der Waals surface area contributed by atoms with Crippen molar-refractivity contribution >= 4 is 34.7 Å². The Morgan fingerprint density at radius 1 is 0.943 bits per heavy atom. The molecule has 4 rings (SSSR count). The molecule has 0 fully saturated rings. The molecule has 0 aliphatic rings. The van der Waals surface area contributed by atoms with Crippen LogP contribution in [0.3, 0.4) is 0 Å². The zero-order chi connectivity index (χ0) is 24.5. The number of aromatic nitrogens is 3. The first-order valence-corrected chi connectivity index (χ1v) is 12.2. The van der Waals surface area contributed by atoms with E-state index in [4.69, 9.17) is 4.74 Å². The van der Waals surface area contributed by atoms with Gasteiger partial charge in [-0.25, -0.2) is 0 Å². The predicted molar refractivity (Wildman–Crippen MR) is 138 cm³/mol. The number of hydrogen-bond donors (Lipinski definition) is 1. The minimum absolute atomic E-state index is 0.134. The van der Waals surface area contributed by atoms with E-state index in [0.717, 1.165) is 17.9 Å². The average molecular weight is 487 g/mol. The van der Waals surface area contributed by atoms with Crippen LogP contribution in [0.25, 0.3) is 0 Å². The average Bonchev–Trinajstić information content (AvgIpc) is 3.25. The highest BCUT2D eigenvalue weighted by Gasteiger charge is 2.12. The van der Waals surface area contributed by atoms with Crippen molar-refractivity contribution in [2.45, 2.75) is 25.1 Å². The number of hydrogen-bond acceptors (Lipinski definition) is 7. The van der Waals surface area contributed by atoms with Gasteiger partial charge < -0.3 is 14.6 Å². The number of aryl methyl sites for hydroxylation is 1. The van der Waals surface area contributed by atoms with E-state index >= 15 is 0 Å². The van der Waals surface area contributed by atoms with Crippen molar-refractivity contribution in [2.75, 3.05) is 11.1 Å². The number of amides is 1. The lowest BCUT2D eigenvalue weighted by atomic mass is 10.2. The Hall–Kier alpha value is -3.98. The maximum absolute atomic E-state index is 12.4. The Morgan fingerprint density at radius 2 is 1.63 bits per heavy atom. The molecule has 0 spiro atoms. The Bertz CT molecular complexity index is 1270. The van der Waals surface area contributed by atoms with Gasteiger partial charge >= 0.3 is 0 Å². The molecular formula is C26H26N6O2S. The van der Waals surface area contributed by atoms with Gasteiger partial charge in [-0.15, -0.1) is 10.2 Å². The lowest BCUT2D eigenvalue weighted by molar-refractivity contribution is -0.113. The van der Waals surface area contributed by atoms with Gasteiger partial charge in [-0.3, -0.25) is 4.79 Å². The van der Waals surface area contributed by atoms with Crippen molar-refractivity contribution in [1.29, 1.82) is 0 Å². The molecular weight excluding hydrogens is 460 g/mol. The second kappa shape index (κ2) is 11.9. The standard InChI is InChI=1S/C26H26N6O2S/c1-3-19-9-15-23(16-10-19)34-17-24-30-31-26(32(24)2)35-18-25(33)27-20-11-13-22(14-12-20)29-28-21-7-5-4-6-8-21/h4-16H,3,17-18H2,1-2H3,(H,27,33). The van der Waals surface area contributed by atoms with E-state index in [0.29, 0.717) is 29.0 Å². The zero-order valence-electron chi connectivity index (χ0n) is 19.6. The van der Waals surface area contributed by atoms with Crippen LogP contribution < -0.4 is 10.1 Å². The molecule has 4 aromatic rings. The van der Waals surface area contributed by atoms with Gasteiger partial charge in [0.1, 0.15) is 12.4 Å².